The van der Waals surface area contributed by atoms with Crippen LogP contribution in [-0.4, -0.2) is 20.9 Å². The average Bonchev–Trinajstić information content (AvgIpc) is 2.57. The molecule has 1 aromatic carbocycles. The quantitative estimate of drug-likeness (QED) is 0.431. The first-order valence-electron chi connectivity index (χ1n) is 9.75. The molecule has 26 heavy (non-hydrogen) atoms. The molecule has 0 saturated carbocycles. The summed E-state index contributed by atoms with van der Waals surface area (Å²) in [6.45, 7) is 14.0. The maximum absolute atomic E-state index is 12.1. The summed E-state index contributed by atoms with van der Waals surface area (Å²) in [5.41, 5.74) is 0.631. The molecule has 3 atom stereocenters. The lowest BCUT2D eigenvalue weighted by atomic mass is 9.67. The number of rotatable bonds is 7. The summed E-state index contributed by atoms with van der Waals surface area (Å²) in [6, 6.07) is 9.19. The number of hydrogen-bond donors (Lipinski definition) is 0. The monoisotopic (exact) mass is 374 g/mol. The number of esters is 1. The van der Waals surface area contributed by atoms with Crippen LogP contribution in [0.2, 0.25) is 19.6 Å². The number of hydrogen-bond acceptors (Lipinski definition) is 3. The molecule has 144 valence electrons. The van der Waals surface area contributed by atoms with E-state index in [0.29, 0.717) is 24.0 Å². The molecule has 1 aliphatic carbocycles. The average molecular weight is 375 g/mol. The van der Waals surface area contributed by atoms with E-state index >= 15 is 0 Å². The van der Waals surface area contributed by atoms with Crippen molar-refractivity contribution in [3.8, 4) is 0 Å². The first-order chi connectivity index (χ1) is 12.1. The summed E-state index contributed by atoms with van der Waals surface area (Å²) in [5, 5.41) is 0. The van der Waals surface area contributed by atoms with Crippen molar-refractivity contribution in [3.05, 3.63) is 47.7 Å². The van der Waals surface area contributed by atoms with Crippen molar-refractivity contribution in [2.75, 3.05) is 6.61 Å². The summed E-state index contributed by atoms with van der Waals surface area (Å²) in [5.74, 6) is 1.88. The van der Waals surface area contributed by atoms with Crippen molar-refractivity contribution < 1.29 is 14.0 Å². The van der Waals surface area contributed by atoms with Crippen LogP contribution in [0.25, 0.3) is 0 Å². The van der Waals surface area contributed by atoms with E-state index in [1.807, 2.05) is 18.2 Å². The van der Waals surface area contributed by atoms with E-state index in [2.05, 4.69) is 46.5 Å². The minimum Gasteiger partial charge on any atom is -0.547 e. The Balaban J connectivity index is 1.98. The van der Waals surface area contributed by atoms with Gasteiger partial charge in [0.2, 0.25) is 8.32 Å². The summed E-state index contributed by atoms with van der Waals surface area (Å²) >= 11 is 0. The van der Waals surface area contributed by atoms with Crippen molar-refractivity contribution in [2.24, 2.45) is 17.3 Å². The van der Waals surface area contributed by atoms with Crippen LogP contribution in [0.5, 0.6) is 0 Å². The molecule has 1 aliphatic rings. The fraction of sp³-hybridized carbons (Fsp3) is 0.591. The highest BCUT2D eigenvalue weighted by atomic mass is 28.4. The molecule has 0 aliphatic heterocycles. The molecule has 0 heterocycles. The second kappa shape index (κ2) is 8.42. The molecule has 0 radical (unpaired) electrons. The van der Waals surface area contributed by atoms with E-state index in [9.17, 15) is 4.79 Å². The van der Waals surface area contributed by atoms with Crippen LogP contribution >= 0.6 is 0 Å². The molecule has 3 nitrogen and oxygen atoms in total. The Morgan fingerprint density at radius 1 is 1.27 bits per heavy atom. The number of carbonyl (C=O) groups is 1. The molecule has 0 unspecified atom stereocenters. The molecular weight excluding hydrogens is 340 g/mol. The number of ether oxygens (including phenoxy) is 1. The highest BCUT2D eigenvalue weighted by molar-refractivity contribution is 6.70. The Labute approximate surface area is 159 Å². The van der Waals surface area contributed by atoms with Crippen LogP contribution in [-0.2, 0) is 9.16 Å². The zero-order valence-corrected chi connectivity index (χ0v) is 18.2. The van der Waals surface area contributed by atoms with Gasteiger partial charge in [0.15, 0.2) is 0 Å². The lowest BCUT2D eigenvalue weighted by Crippen LogP contribution is -2.38. The predicted molar refractivity (Wildman–Crippen MR) is 110 cm³/mol. The molecule has 1 aromatic rings. The second-order valence-corrected chi connectivity index (χ2v) is 13.3. The first-order valence-corrected chi connectivity index (χ1v) is 13.2. The van der Waals surface area contributed by atoms with Crippen LogP contribution in [0.4, 0.5) is 0 Å². The Kier molecular flexibility index (Phi) is 6.73. The topological polar surface area (TPSA) is 35.5 Å². The molecule has 0 bridgehead atoms. The third-order valence-corrected chi connectivity index (χ3v) is 6.25. The summed E-state index contributed by atoms with van der Waals surface area (Å²) < 4.78 is 12.0. The summed E-state index contributed by atoms with van der Waals surface area (Å²) in [7, 11) is -1.66. The van der Waals surface area contributed by atoms with Crippen LogP contribution < -0.4 is 0 Å². The largest absolute Gasteiger partial charge is 0.547 e. The van der Waals surface area contributed by atoms with Crippen molar-refractivity contribution >= 4 is 14.3 Å². The van der Waals surface area contributed by atoms with E-state index in [4.69, 9.17) is 9.16 Å². The van der Waals surface area contributed by atoms with Gasteiger partial charge in [-0.3, -0.25) is 0 Å². The van der Waals surface area contributed by atoms with Gasteiger partial charge in [0.05, 0.1) is 17.9 Å². The van der Waals surface area contributed by atoms with Crippen LogP contribution in [0, 0.1) is 17.3 Å². The van der Waals surface area contributed by atoms with Crippen molar-refractivity contribution in [1.82, 2.24) is 0 Å². The molecule has 0 fully saturated rings. The van der Waals surface area contributed by atoms with Gasteiger partial charge in [0, 0.05) is 5.41 Å². The van der Waals surface area contributed by atoms with Gasteiger partial charge in [-0.05, 0) is 68.9 Å². The Morgan fingerprint density at radius 2 is 1.92 bits per heavy atom. The zero-order chi connectivity index (χ0) is 19.4. The molecule has 0 spiro atoms. The number of carbonyl (C=O) groups excluding carboxylic acids is 1. The predicted octanol–water partition coefficient (Wildman–Crippen LogP) is 6.04. The van der Waals surface area contributed by atoms with Crippen LogP contribution in [0.1, 0.15) is 50.4 Å². The summed E-state index contributed by atoms with van der Waals surface area (Å²) in [6.07, 6.45) is 5.48. The number of allylic oxidation sites excluding steroid dienone is 2. The minimum absolute atomic E-state index is 0.0198. The highest BCUT2D eigenvalue weighted by Crippen LogP contribution is 2.47. The molecule has 0 amide bonds. The van der Waals surface area contributed by atoms with Crippen molar-refractivity contribution in [3.63, 3.8) is 0 Å². The van der Waals surface area contributed by atoms with Crippen molar-refractivity contribution in [2.45, 2.75) is 59.7 Å². The Morgan fingerprint density at radius 3 is 2.54 bits per heavy atom. The molecule has 0 N–H and O–H groups in total. The molecule has 2 rings (SSSR count). The SMILES string of the molecule is C[C@@H]1C=C(O[Si](C)(C)C)[C@](C)([C@H](C)CCOC(=O)c2ccccc2)CC1. The smallest absolute Gasteiger partial charge is 0.338 e. The second-order valence-electron chi connectivity index (χ2n) is 8.87. The number of benzene rings is 1. The van der Waals surface area contributed by atoms with Gasteiger partial charge in [0.1, 0.15) is 0 Å². The highest BCUT2D eigenvalue weighted by Gasteiger charge is 2.40. The van der Waals surface area contributed by atoms with Gasteiger partial charge in [-0.25, -0.2) is 4.79 Å². The lowest BCUT2D eigenvalue weighted by molar-refractivity contribution is 0.0429. The Bertz CT molecular complexity index is 633. The van der Waals surface area contributed by atoms with Crippen LogP contribution in [0.3, 0.4) is 0 Å². The summed E-state index contributed by atoms with van der Waals surface area (Å²) in [4.78, 5) is 12.1. The van der Waals surface area contributed by atoms with E-state index in [1.165, 1.54) is 6.42 Å². The van der Waals surface area contributed by atoms with E-state index in [1.54, 1.807) is 12.1 Å². The van der Waals surface area contributed by atoms with Gasteiger partial charge in [-0.15, -0.1) is 0 Å². The Hall–Kier alpha value is -1.55. The van der Waals surface area contributed by atoms with Gasteiger partial charge in [0.25, 0.3) is 0 Å². The fourth-order valence-corrected chi connectivity index (χ4v) is 4.42. The van der Waals surface area contributed by atoms with E-state index in [-0.39, 0.29) is 11.4 Å². The van der Waals surface area contributed by atoms with Gasteiger partial charge < -0.3 is 9.16 Å². The minimum atomic E-state index is -1.66. The van der Waals surface area contributed by atoms with Gasteiger partial charge in [-0.1, -0.05) is 39.0 Å². The first kappa shape index (κ1) is 20.8. The van der Waals surface area contributed by atoms with Gasteiger partial charge in [-0.2, -0.15) is 0 Å². The molecular formula is C22H34O3Si. The standard InChI is InChI=1S/C22H34O3Si/c1-17-12-14-22(3,20(16-17)25-26(4,5)6)18(2)13-15-24-21(23)19-10-8-7-9-11-19/h7-11,16-18H,12-15H2,1-6H3/t17-,18+,22-/m0/s1. The van der Waals surface area contributed by atoms with E-state index < -0.39 is 8.32 Å². The van der Waals surface area contributed by atoms with E-state index in [0.717, 1.165) is 18.6 Å². The fourth-order valence-electron chi connectivity index (χ4n) is 3.46. The normalized spacial score (nSPS) is 24.5. The lowest BCUT2D eigenvalue weighted by Gasteiger charge is -2.44. The van der Waals surface area contributed by atoms with Gasteiger partial charge >= 0.3 is 5.97 Å². The third kappa shape index (κ3) is 5.47. The molecule has 4 heteroatoms. The molecule has 0 aromatic heterocycles. The molecule has 0 saturated heterocycles. The maximum Gasteiger partial charge on any atom is 0.338 e. The maximum atomic E-state index is 12.1. The third-order valence-electron chi connectivity index (χ3n) is 5.42. The zero-order valence-electron chi connectivity index (χ0n) is 17.2. The van der Waals surface area contributed by atoms with Crippen LogP contribution in [0.15, 0.2) is 42.2 Å². The van der Waals surface area contributed by atoms with Crippen molar-refractivity contribution in [1.29, 1.82) is 0 Å².